The molecule has 4 heterocycles. The molecule has 2 bridgehead atoms. The van der Waals surface area contributed by atoms with Gasteiger partial charge < -0.3 is 38.5 Å². The molecule has 3 fully saturated rings. The molecule has 3 aromatic rings. The number of anilines is 2. The first-order valence-electron chi connectivity index (χ1n) is 17.8. The molecule has 3 unspecified atom stereocenters. The maximum atomic E-state index is 16.0. The Morgan fingerprint density at radius 2 is 1.64 bits per heavy atom. The van der Waals surface area contributed by atoms with Gasteiger partial charge in [0, 0.05) is 48.1 Å². The molecule has 0 aliphatic carbocycles. The fourth-order valence-corrected chi connectivity index (χ4v) is 8.45. The number of amides is 2. The third-order valence-corrected chi connectivity index (χ3v) is 10.9. The van der Waals surface area contributed by atoms with E-state index in [1.165, 1.54) is 18.1 Å². The average molecular weight is 770 g/mol. The van der Waals surface area contributed by atoms with Crippen LogP contribution in [0.3, 0.4) is 0 Å². The number of morpholine rings is 1. The highest BCUT2D eigenvalue weighted by molar-refractivity contribution is 6.40. The maximum absolute atomic E-state index is 16.0. The Kier molecular flexibility index (Phi) is 10.2. The molecule has 4 aliphatic rings. The second-order valence-corrected chi connectivity index (χ2v) is 15.8. The Balaban J connectivity index is 1.11. The van der Waals surface area contributed by atoms with E-state index in [1.807, 2.05) is 33.8 Å². The first kappa shape index (κ1) is 37.1. The predicted octanol–water partition coefficient (Wildman–Crippen LogP) is 7.39. The van der Waals surface area contributed by atoms with Gasteiger partial charge in [-0.25, -0.2) is 14.0 Å². The van der Waals surface area contributed by atoms with Crippen LogP contribution in [0.2, 0.25) is 10.0 Å². The SMILES string of the molecule is COC(=O)c1cc(F)c(-c2cccc3c2OCN(C(=O)c2c(Cl)cc(N4CCN(C(=O)OC(C)(C)C)CC4C)cc2Cl)C3)cc1N1C2CCC1COC2. The van der Waals surface area contributed by atoms with Crippen LogP contribution in [-0.2, 0) is 20.8 Å². The smallest absolute Gasteiger partial charge is 0.410 e. The number of para-hydroxylation sites is 1. The standard InChI is InChI=1S/C39H43Cl2FN4O7/c1-22-17-43(38(49)53-39(2,3)4)11-12-45(22)26-13-30(40)34(31(41)14-26)36(47)44-18-23-7-6-8-27(35(23)52-21-44)28-16-33(29(15-32(28)42)37(48)50-5)46-24-9-10-25(46)20-51-19-24/h6-8,13-16,22,24-25H,9-12,17-21H2,1-5H3. The molecule has 53 heavy (non-hydrogen) atoms. The number of carbonyl (C=O) groups excluding carboxylic acids is 3. The van der Waals surface area contributed by atoms with E-state index < -0.39 is 23.3 Å². The summed E-state index contributed by atoms with van der Waals surface area (Å²) in [6.07, 6.45) is 1.47. The molecule has 4 aliphatic heterocycles. The van der Waals surface area contributed by atoms with Crippen LogP contribution in [-0.4, -0.2) is 98.2 Å². The van der Waals surface area contributed by atoms with Crippen molar-refractivity contribution < 1.29 is 37.7 Å². The Bertz CT molecular complexity index is 1920. The van der Waals surface area contributed by atoms with E-state index in [9.17, 15) is 14.4 Å². The van der Waals surface area contributed by atoms with E-state index in [0.29, 0.717) is 55.4 Å². The van der Waals surface area contributed by atoms with Crippen molar-refractivity contribution in [2.24, 2.45) is 0 Å². The van der Waals surface area contributed by atoms with E-state index in [-0.39, 0.29) is 64.2 Å². The number of nitrogens with zero attached hydrogens (tertiary/aromatic N) is 4. The number of hydrogen-bond acceptors (Lipinski definition) is 9. The molecule has 0 aromatic heterocycles. The lowest BCUT2D eigenvalue weighted by Crippen LogP contribution is -2.54. The van der Waals surface area contributed by atoms with Gasteiger partial charge in [-0.05, 0) is 64.8 Å². The van der Waals surface area contributed by atoms with Crippen molar-refractivity contribution >= 4 is 52.5 Å². The second-order valence-electron chi connectivity index (χ2n) is 15.0. The monoisotopic (exact) mass is 768 g/mol. The molecule has 3 saturated heterocycles. The van der Waals surface area contributed by atoms with Crippen molar-refractivity contribution in [3.05, 3.63) is 75.0 Å². The minimum absolute atomic E-state index is 0.0623. The number of carbonyl (C=O) groups is 3. The van der Waals surface area contributed by atoms with Crippen LogP contribution in [0.1, 0.15) is 66.8 Å². The zero-order valence-electron chi connectivity index (χ0n) is 30.4. The number of fused-ring (bicyclic) bond motifs is 3. The first-order chi connectivity index (χ1) is 25.2. The van der Waals surface area contributed by atoms with E-state index in [0.717, 1.165) is 18.5 Å². The molecule has 0 radical (unpaired) electrons. The molecule has 11 nitrogen and oxygen atoms in total. The van der Waals surface area contributed by atoms with Crippen LogP contribution in [0.4, 0.5) is 20.6 Å². The van der Waals surface area contributed by atoms with E-state index >= 15 is 4.39 Å². The fraction of sp³-hybridized carbons (Fsp3) is 0.462. The van der Waals surface area contributed by atoms with Gasteiger partial charge >= 0.3 is 12.1 Å². The van der Waals surface area contributed by atoms with Gasteiger partial charge in [0.25, 0.3) is 5.91 Å². The molecule has 3 atom stereocenters. The van der Waals surface area contributed by atoms with E-state index in [1.54, 1.807) is 35.2 Å². The molecule has 3 aromatic carbocycles. The topological polar surface area (TPSA) is 101 Å². The summed E-state index contributed by atoms with van der Waals surface area (Å²) in [5.74, 6) is -1.17. The Labute approximate surface area is 318 Å². The van der Waals surface area contributed by atoms with Crippen LogP contribution in [0, 0.1) is 5.82 Å². The quantitative estimate of drug-likeness (QED) is 0.246. The summed E-state index contributed by atoms with van der Waals surface area (Å²) < 4.78 is 38.5. The van der Waals surface area contributed by atoms with Gasteiger partial charge in [0.05, 0.1) is 65.8 Å². The van der Waals surface area contributed by atoms with Crippen LogP contribution in [0.25, 0.3) is 11.1 Å². The Morgan fingerprint density at radius 3 is 2.28 bits per heavy atom. The largest absolute Gasteiger partial charge is 0.472 e. The highest BCUT2D eigenvalue weighted by atomic mass is 35.5. The highest BCUT2D eigenvalue weighted by Gasteiger charge is 2.40. The minimum atomic E-state index is -0.613. The van der Waals surface area contributed by atoms with Crippen molar-refractivity contribution in [2.45, 2.75) is 70.8 Å². The van der Waals surface area contributed by atoms with E-state index in [2.05, 4.69) is 9.80 Å². The average Bonchev–Trinajstić information content (AvgIpc) is 3.36. The van der Waals surface area contributed by atoms with Gasteiger partial charge in [-0.2, -0.15) is 0 Å². The summed E-state index contributed by atoms with van der Waals surface area (Å²) in [7, 11) is 1.28. The first-order valence-corrected chi connectivity index (χ1v) is 18.6. The van der Waals surface area contributed by atoms with Gasteiger partial charge in [0.15, 0.2) is 6.73 Å². The number of hydrogen-bond donors (Lipinski definition) is 0. The van der Waals surface area contributed by atoms with Crippen molar-refractivity contribution in [3.63, 3.8) is 0 Å². The number of piperazine rings is 1. The molecule has 282 valence electrons. The summed E-state index contributed by atoms with van der Waals surface area (Å²) in [5, 5.41) is 0.382. The van der Waals surface area contributed by atoms with Gasteiger partial charge in [0.2, 0.25) is 0 Å². The molecule has 0 saturated carbocycles. The summed E-state index contributed by atoms with van der Waals surface area (Å²) in [4.78, 5) is 46.9. The highest BCUT2D eigenvalue weighted by Crippen LogP contribution is 2.44. The lowest BCUT2D eigenvalue weighted by Gasteiger charge is -2.41. The van der Waals surface area contributed by atoms with Crippen molar-refractivity contribution in [3.8, 4) is 16.9 Å². The molecule has 7 rings (SSSR count). The molecule has 2 amide bonds. The fourth-order valence-electron chi connectivity index (χ4n) is 7.81. The Hall–Kier alpha value is -4.26. The molecule has 14 heteroatoms. The van der Waals surface area contributed by atoms with Crippen molar-refractivity contribution in [1.29, 1.82) is 0 Å². The van der Waals surface area contributed by atoms with Gasteiger partial charge in [0.1, 0.15) is 17.2 Å². The summed E-state index contributed by atoms with van der Waals surface area (Å²) in [6.45, 7) is 10.0. The molecule has 0 spiro atoms. The molecular formula is C39H43Cl2FN4O7. The van der Waals surface area contributed by atoms with Crippen LogP contribution >= 0.6 is 23.2 Å². The second kappa shape index (κ2) is 14.5. The number of esters is 1. The summed E-state index contributed by atoms with van der Waals surface area (Å²) in [5.41, 5.74) is 2.51. The lowest BCUT2D eigenvalue weighted by molar-refractivity contribution is 0.0218. The van der Waals surface area contributed by atoms with Crippen LogP contribution in [0.5, 0.6) is 5.75 Å². The van der Waals surface area contributed by atoms with Crippen LogP contribution in [0.15, 0.2) is 42.5 Å². The number of ether oxygens (including phenoxy) is 4. The van der Waals surface area contributed by atoms with Gasteiger partial charge in [-0.3, -0.25) is 4.79 Å². The summed E-state index contributed by atoms with van der Waals surface area (Å²) >= 11 is 13.5. The third kappa shape index (κ3) is 7.20. The summed E-state index contributed by atoms with van der Waals surface area (Å²) in [6, 6.07) is 11.8. The molecular weight excluding hydrogens is 726 g/mol. The van der Waals surface area contributed by atoms with Gasteiger partial charge in [-0.15, -0.1) is 0 Å². The van der Waals surface area contributed by atoms with Crippen LogP contribution < -0.4 is 14.5 Å². The third-order valence-electron chi connectivity index (χ3n) is 10.3. The normalized spacial score (nSPS) is 21.2. The predicted molar refractivity (Wildman–Crippen MR) is 200 cm³/mol. The molecule has 0 N–H and O–H groups in total. The maximum Gasteiger partial charge on any atom is 0.410 e. The lowest BCUT2D eigenvalue weighted by atomic mass is 9.96. The number of halogens is 3. The van der Waals surface area contributed by atoms with Gasteiger partial charge in [-0.1, -0.05) is 41.4 Å². The minimum Gasteiger partial charge on any atom is -0.472 e. The Morgan fingerprint density at radius 1 is 0.943 bits per heavy atom. The van der Waals surface area contributed by atoms with Crippen molar-refractivity contribution in [2.75, 3.05) is 56.5 Å². The van der Waals surface area contributed by atoms with E-state index in [4.69, 9.17) is 42.1 Å². The zero-order valence-corrected chi connectivity index (χ0v) is 31.9. The zero-order chi connectivity index (χ0) is 37.8. The number of benzene rings is 3. The number of methoxy groups -OCH3 is 1. The number of rotatable bonds is 5. The van der Waals surface area contributed by atoms with Crippen molar-refractivity contribution in [1.82, 2.24) is 9.80 Å².